The van der Waals surface area contributed by atoms with Gasteiger partial charge in [0, 0.05) is 34.9 Å². The summed E-state index contributed by atoms with van der Waals surface area (Å²) in [5, 5.41) is 6.74. The van der Waals surface area contributed by atoms with Gasteiger partial charge in [-0.25, -0.2) is 4.98 Å². The van der Waals surface area contributed by atoms with Crippen molar-refractivity contribution in [2.75, 3.05) is 5.32 Å². The molecule has 1 amide bonds. The third kappa shape index (κ3) is 3.50. The smallest absolute Gasteiger partial charge is 0.227 e. The monoisotopic (exact) mass is 367 g/mol. The number of aromatic nitrogens is 2. The number of benzene rings is 1. The molecule has 0 spiro atoms. The van der Waals surface area contributed by atoms with E-state index in [1.165, 1.54) is 21.6 Å². The minimum atomic E-state index is -0.0129. The lowest BCUT2D eigenvalue weighted by molar-refractivity contribution is -0.116. The minimum absolute atomic E-state index is 0.0129. The summed E-state index contributed by atoms with van der Waals surface area (Å²) in [5.74, 6) is -0.0129. The number of rotatable bonds is 5. The zero-order chi connectivity index (χ0) is 17.2. The Labute approximate surface area is 153 Å². The van der Waals surface area contributed by atoms with Crippen molar-refractivity contribution in [3.8, 4) is 10.6 Å². The Balaban J connectivity index is 1.38. The van der Waals surface area contributed by atoms with E-state index in [1.807, 2.05) is 23.7 Å². The van der Waals surface area contributed by atoms with Crippen molar-refractivity contribution < 1.29 is 4.79 Å². The van der Waals surface area contributed by atoms with Gasteiger partial charge in [0.05, 0.1) is 10.6 Å². The average Bonchev–Trinajstić information content (AvgIpc) is 3.32. The lowest BCUT2D eigenvalue weighted by atomic mass is 10.2. The van der Waals surface area contributed by atoms with Crippen LogP contribution in [0.5, 0.6) is 0 Å². The quantitative estimate of drug-likeness (QED) is 0.529. The molecule has 0 saturated carbocycles. The molecule has 3 aromatic heterocycles. The normalized spacial score (nSPS) is 11.1. The first kappa shape index (κ1) is 16.1. The fourth-order valence-electron chi connectivity index (χ4n) is 2.76. The number of thiazole rings is 1. The summed E-state index contributed by atoms with van der Waals surface area (Å²) in [6.45, 7) is 2.73. The first-order chi connectivity index (χ1) is 12.2. The summed E-state index contributed by atoms with van der Waals surface area (Å²) in [6, 6.07) is 14.4. The molecule has 0 aliphatic rings. The van der Waals surface area contributed by atoms with Crippen LogP contribution < -0.4 is 5.32 Å². The summed E-state index contributed by atoms with van der Waals surface area (Å²) in [7, 11) is 0. The number of hydrogen-bond acceptors (Lipinski definition) is 4. The maximum absolute atomic E-state index is 12.2. The fourth-order valence-corrected chi connectivity index (χ4v) is 4.39. The van der Waals surface area contributed by atoms with Crippen LogP contribution in [0, 0.1) is 6.92 Å². The van der Waals surface area contributed by atoms with Crippen LogP contribution in [-0.2, 0) is 11.3 Å². The van der Waals surface area contributed by atoms with Crippen LogP contribution in [-0.4, -0.2) is 15.5 Å². The second kappa shape index (κ2) is 6.82. The van der Waals surface area contributed by atoms with Gasteiger partial charge in [-0.05, 0) is 36.6 Å². The second-order valence-corrected chi connectivity index (χ2v) is 7.96. The Bertz CT molecular complexity index is 1030. The summed E-state index contributed by atoms with van der Waals surface area (Å²) in [5.41, 5.74) is 2.08. The molecule has 25 heavy (non-hydrogen) atoms. The Hall–Kier alpha value is -2.44. The van der Waals surface area contributed by atoms with Gasteiger partial charge in [0.25, 0.3) is 0 Å². The molecule has 0 saturated heterocycles. The molecule has 126 valence electrons. The molecule has 0 atom stereocenters. The lowest BCUT2D eigenvalue weighted by Crippen LogP contribution is -2.14. The molecule has 0 bridgehead atoms. The molecule has 0 aliphatic heterocycles. The van der Waals surface area contributed by atoms with Gasteiger partial charge in [0.2, 0.25) is 5.91 Å². The number of fused-ring (bicyclic) bond motifs is 1. The highest BCUT2D eigenvalue weighted by Crippen LogP contribution is 2.30. The molecule has 0 unspecified atom stereocenters. The van der Waals surface area contributed by atoms with Gasteiger partial charge in [-0.15, -0.1) is 22.7 Å². The van der Waals surface area contributed by atoms with Crippen LogP contribution >= 0.6 is 22.7 Å². The minimum Gasteiger partial charge on any atom is -0.347 e. The Morgan fingerprint density at radius 1 is 1.20 bits per heavy atom. The molecule has 4 nitrogen and oxygen atoms in total. The van der Waals surface area contributed by atoms with Gasteiger partial charge in [0.15, 0.2) is 5.13 Å². The Morgan fingerprint density at radius 2 is 2.08 bits per heavy atom. The van der Waals surface area contributed by atoms with Crippen LogP contribution in [0.2, 0.25) is 0 Å². The first-order valence-corrected chi connectivity index (χ1v) is 9.75. The highest BCUT2D eigenvalue weighted by atomic mass is 32.1. The number of thiophene rings is 1. The molecule has 4 rings (SSSR count). The van der Waals surface area contributed by atoms with Crippen LogP contribution in [0.25, 0.3) is 21.5 Å². The number of carbonyl (C=O) groups is 1. The SMILES string of the molecule is Cc1ccc(-c2csc(NC(=O)CCn3ccc4ccccc43)n2)s1. The van der Waals surface area contributed by atoms with E-state index in [9.17, 15) is 4.79 Å². The van der Waals surface area contributed by atoms with Crippen molar-refractivity contribution in [3.05, 3.63) is 58.9 Å². The Morgan fingerprint density at radius 3 is 2.92 bits per heavy atom. The summed E-state index contributed by atoms with van der Waals surface area (Å²) in [4.78, 5) is 19.1. The van der Waals surface area contributed by atoms with Gasteiger partial charge in [-0.2, -0.15) is 0 Å². The third-order valence-electron chi connectivity index (χ3n) is 4.00. The van der Waals surface area contributed by atoms with Crippen molar-refractivity contribution in [2.45, 2.75) is 19.9 Å². The first-order valence-electron chi connectivity index (χ1n) is 8.05. The van der Waals surface area contributed by atoms with Crippen molar-refractivity contribution >= 4 is 44.6 Å². The summed E-state index contributed by atoms with van der Waals surface area (Å²) < 4.78 is 2.11. The number of amides is 1. The number of nitrogens with zero attached hydrogens (tertiary/aromatic N) is 2. The second-order valence-electron chi connectivity index (χ2n) is 5.81. The molecule has 6 heteroatoms. The van der Waals surface area contributed by atoms with Crippen molar-refractivity contribution in [3.63, 3.8) is 0 Å². The predicted octanol–water partition coefficient (Wildman–Crippen LogP) is 5.16. The maximum atomic E-state index is 12.2. The third-order valence-corrected chi connectivity index (χ3v) is 5.78. The highest BCUT2D eigenvalue weighted by molar-refractivity contribution is 7.17. The molecule has 4 aromatic rings. The highest BCUT2D eigenvalue weighted by Gasteiger charge is 2.10. The van der Waals surface area contributed by atoms with E-state index in [2.05, 4.69) is 52.1 Å². The van der Waals surface area contributed by atoms with Crippen molar-refractivity contribution in [1.82, 2.24) is 9.55 Å². The van der Waals surface area contributed by atoms with E-state index in [0.29, 0.717) is 18.1 Å². The Kier molecular flexibility index (Phi) is 4.38. The van der Waals surface area contributed by atoms with Crippen molar-refractivity contribution in [1.29, 1.82) is 0 Å². The molecular weight excluding hydrogens is 350 g/mol. The number of nitrogens with one attached hydrogen (secondary N) is 1. The number of carbonyl (C=O) groups excluding carboxylic acids is 1. The van der Waals surface area contributed by atoms with Gasteiger partial charge >= 0.3 is 0 Å². The average molecular weight is 367 g/mol. The van der Waals surface area contributed by atoms with Crippen LogP contribution in [0.3, 0.4) is 0 Å². The van der Waals surface area contributed by atoms with Gasteiger partial charge in [-0.3, -0.25) is 4.79 Å². The molecular formula is C19H17N3OS2. The van der Waals surface area contributed by atoms with Gasteiger partial charge in [0.1, 0.15) is 0 Å². The van der Waals surface area contributed by atoms with E-state index in [4.69, 9.17) is 0 Å². The molecule has 1 aromatic carbocycles. The number of aryl methyl sites for hydroxylation is 2. The predicted molar refractivity (Wildman–Crippen MR) is 105 cm³/mol. The number of anilines is 1. The van der Waals surface area contributed by atoms with Crippen LogP contribution in [0.15, 0.2) is 54.0 Å². The largest absolute Gasteiger partial charge is 0.347 e. The van der Waals surface area contributed by atoms with Crippen molar-refractivity contribution in [2.24, 2.45) is 0 Å². The van der Waals surface area contributed by atoms with E-state index >= 15 is 0 Å². The molecule has 0 aliphatic carbocycles. The summed E-state index contributed by atoms with van der Waals surface area (Å²) >= 11 is 3.18. The maximum Gasteiger partial charge on any atom is 0.227 e. The van der Waals surface area contributed by atoms with Gasteiger partial charge < -0.3 is 9.88 Å². The number of hydrogen-bond donors (Lipinski definition) is 1. The topological polar surface area (TPSA) is 46.9 Å². The van der Waals surface area contributed by atoms with Crippen LogP contribution in [0.1, 0.15) is 11.3 Å². The molecule has 0 radical (unpaired) electrons. The molecule has 3 heterocycles. The zero-order valence-electron chi connectivity index (χ0n) is 13.7. The molecule has 1 N–H and O–H groups in total. The lowest BCUT2D eigenvalue weighted by Gasteiger charge is -2.05. The van der Waals surface area contributed by atoms with Gasteiger partial charge in [-0.1, -0.05) is 18.2 Å². The van der Waals surface area contributed by atoms with E-state index in [-0.39, 0.29) is 5.91 Å². The zero-order valence-corrected chi connectivity index (χ0v) is 15.4. The van der Waals surface area contributed by atoms with E-state index in [0.717, 1.165) is 16.1 Å². The standard InChI is InChI=1S/C19H17N3OS2/c1-13-6-7-17(25-13)15-12-24-19(20-15)21-18(23)9-11-22-10-8-14-4-2-3-5-16(14)22/h2-8,10,12H,9,11H2,1H3,(H,20,21,23). The van der Waals surface area contributed by atoms with E-state index in [1.54, 1.807) is 11.3 Å². The number of para-hydroxylation sites is 1. The summed E-state index contributed by atoms with van der Waals surface area (Å²) in [6.07, 6.45) is 2.45. The van der Waals surface area contributed by atoms with E-state index < -0.39 is 0 Å². The molecule has 0 fully saturated rings. The fraction of sp³-hybridized carbons (Fsp3) is 0.158. The van der Waals surface area contributed by atoms with Crippen LogP contribution in [0.4, 0.5) is 5.13 Å².